The smallest absolute Gasteiger partial charge is 0.254 e. The Hall–Kier alpha value is 0.200. The van der Waals surface area contributed by atoms with Crippen LogP contribution in [0.1, 0.15) is 0 Å². The molecule has 0 spiro atoms. The largest absolute Gasteiger partial charge is 0.265 e. The Bertz CT molecular complexity index is 126. The summed E-state index contributed by atoms with van der Waals surface area (Å²) in [7, 11) is -3.31. The van der Waals surface area contributed by atoms with E-state index in [2.05, 4.69) is 4.18 Å². The fourth-order valence-corrected chi connectivity index (χ4v) is 0.728. The van der Waals surface area contributed by atoms with Crippen molar-refractivity contribution in [2.45, 2.75) is 0 Å². The predicted molar refractivity (Wildman–Crippen MR) is 26.6 cm³/mol. The van der Waals surface area contributed by atoms with Gasteiger partial charge in [-0.05, 0) is 0 Å². The van der Waals surface area contributed by atoms with Gasteiger partial charge in [-0.2, -0.15) is 8.42 Å². The van der Waals surface area contributed by atoms with Gasteiger partial charge in [-0.3, -0.25) is 4.18 Å². The summed E-state index contributed by atoms with van der Waals surface area (Å²) >= 11 is 4.88. The summed E-state index contributed by atoms with van der Waals surface area (Å²) in [6, 6.07) is -0.307. The Balaban J connectivity index is 3.60. The zero-order valence-electron chi connectivity index (χ0n) is 3.72. The van der Waals surface area contributed by atoms with Crippen molar-refractivity contribution in [2.24, 2.45) is 0 Å². The Morgan fingerprint density at radius 2 is 2.14 bits per heavy atom. The van der Waals surface area contributed by atoms with Crippen molar-refractivity contribution in [2.75, 3.05) is 12.3 Å². The molecule has 3 nitrogen and oxygen atoms in total. The fourth-order valence-electron chi connectivity index (χ4n) is 0.0809. The molecule has 5 heteroatoms. The molecule has 0 amide bonds. The molecule has 0 N–H and O–H groups in total. The van der Waals surface area contributed by atoms with Crippen LogP contribution in [0.3, 0.4) is 0 Å². The summed E-state index contributed by atoms with van der Waals surface area (Å²) in [5, 5.41) is 0. The molecule has 0 aromatic heterocycles. The van der Waals surface area contributed by atoms with Crippen molar-refractivity contribution >= 4 is 21.7 Å². The minimum Gasteiger partial charge on any atom is -0.254 e. The third-order valence-corrected chi connectivity index (χ3v) is 1.04. The minimum atomic E-state index is -3.31. The van der Waals surface area contributed by atoms with Gasteiger partial charge < -0.3 is 0 Å². The van der Waals surface area contributed by atoms with Gasteiger partial charge in [0.25, 0.3) is 10.1 Å². The number of rotatable bonds is 2. The second-order valence-electron chi connectivity index (χ2n) is 0.931. The van der Waals surface area contributed by atoms with E-state index in [4.69, 9.17) is 11.6 Å². The zero-order chi connectivity index (χ0) is 5.91. The van der Waals surface area contributed by atoms with Crippen molar-refractivity contribution in [3.8, 4) is 0 Å². The molecule has 7 heavy (non-hydrogen) atoms. The summed E-state index contributed by atoms with van der Waals surface area (Å²) < 4.78 is 23.8. The van der Waals surface area contributed by atoms with E-state index in [1.54, 1.807) is 0 Å². The van der Waals surface area contributed by atoms with Crippen LogP contribution in [0.2, 0.25) is 0 Å². The quantitative estimate of drug-likeness (QED) is 0.410. The van der Waals surface area contributed by atoms with Crippen molar-refractivity contribution in [3.05, 3.63) is 0 Å². The lowest BCUT2D eigenvalue weighted by Gasteiger charge is -1.89. The molecule has 0 radical (unpaired) electrons. The van der Waals surface area contributed by atoms with Crippen molar-refractivity contribution in [1.29, 1.82) is 0 Å². The first-order valence-corrected chi connectivity index (χ1v) is 3.82. The van der Waals surface area contributed by atoms with Crippen LogP contribution in [0, 0.1) is 0 Å². The molecule has 0 aliphatic carbocycles. The van der Waals surface area contributed by atoms with Crippen LogP contribution in [-0.2, 0) is 14.3 Å². The number of alkyl halides is 1. The van der Waals surface area contributed by atoms with E-state index in [0.29, 0.717) is 0 Å². The molecule has 0 heterocycles. The van der Waals surface area contributed by atoms with Gasteiger partial charge in [-0.15, -0.1) is 0 Å². The molecule has 0 saturated heterocycles. The lowest BCUT2D eigenvalue weighted by atomic mass is 11.7. The predicted octanol–water partition coefficient (Wildman–Crippen LogP) is 0.159. The Kier molecular flexibility index (Phi) is 2.56. The SMILES string of the molecule is CS(=O)(=O)OCCl. The Morgan fingerprint density at radius 1 is 1.71 bits per heavy atom. The molecular formula is C2H5ClO3S. The van der Waals surface area contributed by atoms with E-state index in [1.165, 1.54) is 0 Å². The summed E-state index contributed by atoms with van der Waals surface area (Å²) in [6.45, 7) is 0. The molecule has 0 unspecified atom stereocenters. The van der Waals surface area contributed by atoms with Crippen LogP contribution in [-0.4, -0.2) is 20.7 Å². The van der Waals surface area contributed by atoms with Gasteiger partial charge in [0.2, 0.25) is 0 Å². The molecule has 0 aliphatic heterocycles. The van der Waals surface area contributed by atoms with Crippen molar-refractivity contribution < 1.29 is 12.6 Å². The first-order chi connectivity index (χ1) is 3.06. The minimum absolute atomic E-state index is 0.307. The summed E-state index contributed by atoms with van der Waals surface area (Å²) in [5.41, 5.74) is 0. The molecule has 0 rings (SSSR count). The van der Waals surface area contributed by atoms with Crippen LogP contribution in [0.25, 0.3) is 0 Å². The third-order valence-electron chi connectivity index (χ3n) is 0.259. The van der Waals surface area contributed by atoms with Crippen molar-refractivity contribution in [1.82, 2.24) is 0 Å². The van der Waals surface area contributed by atoms with Crippen LogP contribution in [0.15, 0.2) is 0 Å². The monoisotopic (exact) mass is 144 g/mol. The second kappa shape index (κ2) is 2.49. The van der Waals surface area contributed by atoms with E-state index in [9.17, 15) is 8.42 Å². The molecule has 0 bridgehead atoms. The van der Waals surface area contributed by atoms with E-state index in [1.807, 2.05) is 0 Å². The third kappa shape index (κ3) is 6.20. The fraction of sp³-hybridized carbons (Fsp3) is 1.00. The standard InChI is InChI=1S/C2H5ClO3S/c1-7(4,5)6-2-3/h2H2,1H3. The number of hydrogen-bond donors (Lipinski definition) is 0. The summed E-state index contributed by atoms with van der Waals surface area (Å²) in [6.07, 6.45) is 0.940. The summed E-state index contributed by atoms with van der Waals surface area (Å²) in [5.74, 6) is 0. The van der Waals surface area contributed by atoms with Gasteiger partial charge in [-0.1, -0.05) is 11.6 Å². The molecule has 0 aromatic carbocycles. The average molecular weight is 145 g/mol. The van der Waals surface area contributed by atoms with E-state index in [-0.39, 0.29) is 6.07 Å². The number of hydrogen-bond acceptors (Lipinski definition) is 3. The zero-order valence-corrected chi connectivity index (χ0v) is 5.29. The normalized spacial score (nSPS) is 11.7. The van der Waals surface area contributed by atoms with Gasteiger partial charge in [0, 0.05) is 0 Å². The highest BCUT2D eigenvalue weighted by atomic mass is 35.5. The Morgan fingerprint density at radius 3 is 2.14 bits per heavy atom. The molecule has 0 atom stereocenters. The average Bonchev–Trinajstić information content (AvgIpc) is 1.30. The molecule has 0 aromatic rings. The van der Waals surface area contributed by atoms with Crippen LogP contribution in [0.4, 0.5) is 0 Å². The maximum Gasteiger partial charge on any atom is 0.265 e. The molecule has 44 valence electrons. The van der Waals surface area contributed by atoms with Gasteiger partial charge in [0.1, 0.15) is 6.07 Å². The van der Waals surface area contributed by atoms with Crippen LogP contribution >= 0.6 is 11.6 Å². The van der Waals surface area contributed by atoms with E-state index >= 15 is 0 Å². The van der Waals surface area contributed by atoms with Gasteiger partial charge in [0.15, 0.2) is 0 Å². The first kappa shape index (κ1) is 7.20. The Labute approximate surface area is 47.4 Å². The van der Waals surface area contributed by atoms with Gasteiger partial charge in [-0.25, -0.2) is 0 Å². The van der Waals surface area contributed by atoms with Gasteiger partial charge in [0.05, 0.1) is 6.26 Å². The van der Waals surface area contributed by atoms with E-state index < -0.39 is 10.1 Å². The molecular weight excluding hydrogens is 140 g/mol. The lowest BCUT2D eigenvalue weighted by molar-refractivity contribution is 0.382. The molecule has 0 aliphatic rings. The molecule has 0 saturated carbocycles. The van der Waals surface area contributed by atoms with Crippen LogP contribution < -0.4 is 0 Å². The second-order valence-corrected chi connectivity index (χ2v) is 2.79. The lowest BCUT2D eigenvalue weighted by Crippen LogP contribution is -1.99. The highest BCUT2D eigenvalue weighted by Gasteiger charge is 1.95. The van der Waals surface area contributed by atoms with Gasteiger partial charge >= 0.3 is 0 Å². The summed E-state index contributed by atoms with van der Waals surface area (Å²) in [4.78, 5) is 0. The van der Waals surface area contributed by atoms with E-state index in [0.717, 1.165) is 6.26 Å². The maximum atomic E-state index is 9.92. The highest BCUT2D eigenvalue weighted by Crippen LogP contribution is 1.86. The van der Waals surface area contributed by atoms with Crippen LogP contribution in [0.5, 0.6) is 0 Å². The van der Waals surface area contributed by atoms with Crippen molar-refractivity contribution in [3.63, 3.8) is 0 Å². The number of halogens is 1. The topological polar surface area (TPSA) is 43.4 Å². The highest BCUT2D eigenvalue weighted by molar-refractivity contribution is 7.86. The molecule has 0 fully saturated rings. The first-order valence-electron chi connectivity index (χ1n) is 1.46. The maximum absolute atomic E-state index is 9.92.